The molecule has 7 heteroatoms. The fraction of sp³-hybridized carbons (Fsp3) is 0.316. The van der Waals surface area contributed by atoms with Crippen molar-refractivity contribution in [2.75, 3.05) is 13.2 Å². The monoisotopic (exact) mass is 635 g/mol. The van der Waals surface area contributed by atoms with Crippen molar-refractivity contribution < 1.29 is 18.8 Å². The minimum atomic E-state index is -2.99. The standard InChI is InChI=1S/C38H41NO4SSi/c1-5-42-35(40)27-33-34(43-45(37(2,3)4,29-19-11-7-12-20-29)30-21-13-8-14-22-30)25-26-39-36(41)31-23-15-16-24-32(31)38(33,39)44-28-17-9-6-10-18-28/h6-24,33-34H,5,25-27H2,1-4H3/t33-,34-,38+/m0/s1. The minimum Gasteiger partial charge on any atom is -0.466 e. The van der Waals surface area contributed by atoms with Gasteiger partial charge in [-0.05, 0) is 47.0 Å². The van der Waals surface area contributed by atoms with Crippen LogP contribution in [0.1, 0.15) is 56.5 Å². The Morgan fingerprint density at radius 1 is 0.867 bits per heavy atom. The van der Waals surface area contributed by atoms with Crippen molar-refractivity contribution in [1.82, 2.24) is 4.90 Å². The Balaban J connectivity index is 1.58. The van der Waals surface area contributed by atoms with E-state index in [9.17, 15) is 9.59 Å². The number of fused-ring (bicyclic) bond motifs is 3. The van der Waals surface area contributed by atoms with Gasteiger partial charge in [-0.15, -0.1) is 0 Å². The first-order valence-corrected chi connectivity index (χ1v) is 18.5. The van der Waals surface area contributed by atoms with Gasteiger partial charge in [-0.2, -0.15) is 0 Å². The second-order valence-corrected chi connectivity index (χ2v) is 18.4. The van der Waals surface area contributed by atoms with E-state index in [1.165, 1.54) is 10.4 Å². The molecule has 0 aliphatic carbocycles. The second kappa shape index (κ2) is 12.6. The molecule has 6 rings (SSSR count). The highest BCUT2D eigenvalue weighted by Crippen LogP contribution is 2.59. The minimum absolute atomic E-state index is 0.00629. The van der Waals surface area contributed by atoms with Gasteiger partial charge in [0.05, 0.1) is 19.1 Å². The summed E-state index contributed by atoms with van der Waals surface area (Å²) in [6.07, 6.45) is 0.423. The molecule has 0 radical (unpaired) electrons. The normalized spacial score (nSPS) is 21.2. The highest BCUT2D eigenvalue weighted by atomic mass is 32.2. The summed E-state index contributed by atoms with van der Waals surface area (Å²) in [7, 11) is -2.99. The van der Waals surface area contributed by atoms with Gasteiger partial charge in [0.2, 0.25) is 0 Å². The van der Waals surface area contributed by atoms with Crippen LogP contribution in [0.15, 0.2) is 120 Å². The Morgan fingerprint density at radius 2 is 1.42 bits per heavy atom. The molecule has 3 atom stereocenters. The maximum atomic E-state index is 14.1. The van der Waals surface area contributed by atoms with Crippen LogP contribution in [0.25, 0.3) is 0 Å². The molecule has 4 aromatic carbocycles. The average molecular weight is 636 g/mol. The third kappa shape index (κ3) is 5.45. The van der Waals surface area contributed by atoms with Gasteiger partial charge in [-0.25, -0.2) is 0 Å². The molecular weight excluding hydrogens is 595 g/mol. The maximum Gasteiger partial charge on any atom is 0.306 e. The zero-order chi connectivity index (χ0) is 31.7. The molecule has 45 heavy (non-hydrogen) atoms. The number of benzene rings is 4. The lowest BCUT2D eigenvalue weighted by Crippen LogP contribution is -2.70. The quantitative estimate of drug-likeness (QED) is 0.146. The van der Waals surface area contributed by atoms with Gasteiger partial charge in [-0.3, -0.25) is 9.59 Å². The zero-order valence-corrected chi connectivity index (χ0v) is 28.3. The Hall–Kier alpha value is -3.65. The Labute approximate surface area is 272 Å². The summed E-state index contributed by atoms with van der Waals surface area (Å²) in [6, 6.07) is 39.3. The van der Waals surface area contributed by atoms with E-state index in [-0.39, 0.29) is 35.4 Å². The van der Waals surface area contributed by atoms with Crippen molar-refractivity contribution in [3.8, 4) is 0 Å². The van der Waals surface area contributed by atoms with Crippen molar-refractivity contribution in [1.29, 1.82) is 0 Å². The Kier molecular flexibility index (Phi) is 8.79. The molecular formula is C38H41NO4SSi. The van der Waals surface area contributed by atoms with Crippen LogP contribution in [0, 0.1) is 5.92 Å². The number of esters is 1. The molecule has 2 aliphatic rings. The predicted octanol–water partition coefficient (Wildman–Crippen LogP) is 7.01. The maximum absolute atomic E-state index is 14.1. The van der Waals surface area contributed by atoms with E-state index >= 15 is 0 Å². The molecule has 0 saturated carbocycles. The van der Waals surface area contributed by atoms with E-state index in [1.54, 1.807) is 11.8 Å². The molecule has 5 nitrogen and oxygen atoms in total. The van der Waals surface area contributed by atoms with Gasteiger partial charge >= 0.3 is 5.97 Å². The third-order valence-corrected chi connectivity index (χ3v) is 15.9. The van der Waals surface area contributed by atoms with E-state index in [0.29, 0.717) is 25.1 Å². The second-order valence-electron chi connectivity index (χ2n) is 12.8. The fourth-order valence-corrected chi connectivity index (χ4v) is 13.7. The van der Waals surface area contributed by atoms with Gasteiger partial charge in [-0.1, -0.05) is 130 Å². The zero-order valence-electron chi connectivity index (χ0n) is 26.4. The van der Waals surface area contributed by atoms with Gasteiger partial charge in [0, 0.05) is 28.5 Å². The lowest BCUT2D eigenvalue weighted by atomic mass is 9.81. The summed E-state index contributed by atoms with van der Waals surface area (Å²) in [4.78, 5) is 29.9. The van der Waals surface area contributed by atoms with Crippen LogP contribution in [0.2, 0.25) is 5.04 Å². The van der Waals surface area contributed by atoms with Crippen molar-refractivity contribution in [3.05, 3.63) is 126 Å². The number of rotatable bonds is 9. The summed E-state index contributed by atoms with van der Waals surface area (Å²) < 4.78 is 13.4. The van der Waals surface area contributed by atoms with Crippen LogP contribution in [0.3, 0.4) is 0 Å². The summed E-state index contributed by atoms with van der Waals surface area (Å²) in [5, 5.41) is 2.13. The first kappa shape index (κ1) is 31.3. The van der Waals surface area contributed by atoms with E-state index in [1.807, 2.05) is 60.4 Å². The average Bonchev–Trinajstić information content (AvgIpc) is 3.29. The third-order valence-electron chi connectivity index (χ3n) is 9.23. The molecule has 0 bridgehead atoms. The van der Waals surface area contributed by atoms with Crippen molar-refractivity contribution in [3.63, 3.8) is 0 Å². The summed E-state index contributed by atoms with van der Waals surface area (Å²) in [5.41, 5.74) is 1.63. The van der Waals surface area contributed by atoms with Crippen LogP contribution < -0.4 is 10.4 Å². The summed E-state index contributed by atoms with van der Waals surface area (Å²) in [5.74, 6) is -0.637. The van der Waals surface area contributed by atoms with E-state index in [2.05, 4.69) is 87.5 Å². The lowest BCUT2D eigenvalue weighted by Gasteiger charge is -2.54. The largest absolute Gasteiger partial charge is 0.466 e. The number of carbonyl (C=O) groups excluding carboxylic acids is 2. The Bertz CT molecular complexity index is 1600. The van der Waals surface area contributed by atoms with Crippen LogP contribution in [-0.4, -0.2) is 44.3 Å². The number of piperidine rings is 1. The fourth-order valence-electron chi connectivity index (χ4n) is 7.38. The molecule has 0 N–H and O–H groups in total. The number of hydrogen-bond donors (Lipinski definition) is 0. The molecule has 1 fully saturated rings. The Morgan fingerprint density at radius 3 is 2.00 bits per heavy atom. The van der Waals surface area contributed by atoms with Crippen molar-refractivity contribution in [2.45, 2.75) is 61.4 Å². The van der Waals surface area contributed by atoms with Gasteiger partial charge in [0.25, 0.3) is 14.2 Å². The van der Waals surface area contributed by atoms with E-state index in [0.717, 1.165) is 10.5 Å². The predicted molar refractivity (Wildman–Crippen MR) is 183 cm³/mol. The van der Waals surface area contributed by atoms with E-state index in [4.69, 9.17) is 9.16 Å². The van der Waals surface area contributed by atoms with Gasteiger partial charge < -0.3 is 14.1 Å². The molecule has 4 aromatic rings. The van der Waals surface area contributed by atoms with Crippen LogP contribution in [0.4, 0.5) is 0 Å². The molecule has 2 heterocycles. The number of ether oxygens (including phenoxy) is 1. The SMILES string of the molecule is CCOC(=O)C[C@H]1[C@@H](O[Si](c2ccccc2)(c2ccccc2)C(C)(C)C)CCN2C(=O)c3ccccc3[C@@]12Sc1ccccc1. The highest BCUT2D eigenvalue weighted by Gasteiger charge is 2.62. The number of hydrogen-bond acceptors (Lipinski definition) is 5. The molecule has 1 saturated heterocycles. The molecule has 0 aromatic heterocycles. The molecule has 1 amide bonds. The first-order chi connectivity index (χ1) is 21.7. The topological polar surface area (TPSA) is 55.8 Å². The molecule has 0 unspecified atom stereocenters. The lowest BCUT2D eigenvalue weighted by molar-refractivity contribution is -0.147. The van der Waals surface area contributed by atoms with Crippen molar-refractivity contribution in [2.24, 2.45) is 5.92 Å². The highest BCUT2D eigenvalue weighted by molar-refractivity contribution is 8.00. The first-order valence-electron chi connectivity index (χ1n) is 15.8. The van der Waals surface area contributed by atoms with Crippen LogP contribution in [-0.2, 0) is 18.8 Å². The van der Waals surface area contributed by atoms with Gasteiger partial charge in [0.15, 0.2) is 0 Å². The molecule has 2 aliphatic heterocycles. The van der Waals surface area contributed by atoms with E-state index < -0.39 is 13.2 Å². The number of nitrogens with zero attached hydrogens (tertiary/aromatic N) is 1. The molecule has 232 valence electrons. The van der Waals surface area contributed by atoms with Crippen LogP contribution in [0.5, 0.6) is 0 Å². The van der Waals surface area contributed by atoms with Crippen molar-refractivity contribution >= 4 is 42.3 Å². The summed E-state index contributed by atoms with van der Waals surface area (Å²) in [6.45, 7) is 9.48. The number of amides is 1. The smallest absolute Gasteiger partial charge is 0.306 e. The summed E-state index contributed by atoms with van der Waals surface area (Å²) >= 11 is 1.66. The van der Waals surface area contributed by atoms with Crippen LogP contribution >= 0.6 is 11.8 Å². The molecule has 0 spiro atoms. The number of carbonyl (C=O) groups is 2. The van der Waals surface area contributed by atoms with Gasteiger partial charge in [0.1, 0.15) is 4.87 Å². The number of thioether (sulfide) groups is 1.